The van der Waals surface area contributed by atoms with Gasteiger partial charge < -0.3 is 5.32 Å². The lowest BCUT2D eigenvalue weighted by atomic mass is 10.3. The molecule has 0 saturated heterocycles. The highest BCUT2D eigenvalue weighted by molar-refractivity contribution is 7.91. The Balaban J connectivity index is 1.79. The molecular weight excluding hydrogens is 352 g/mol. The summed E-state index contributed by atoms with van der Waals surface area (Å²) in [7, 11) is -3.49. The van der Waals surface area contributed by atoms with E-state index in [-0.39, 0.29) is 11.9 Å². The van der Waals surface area contributed by atoms with Gasteiger partial charge in [-0.3, -0.25) is 4.79 Å². The number of nitrogens with zero attached hydrogens (tertiary/aromatic N) is 1. The van der Waals surface area contributed by atoms with E-state index in [4.69, 9.17) is 0 Å². The summed E-state index contributed by atoms with van der Waals surface area (Å²) in [5, 5.41) is 6.64. The van der Waals surface area contributed by atoms with Crippen LogP contribution in [0.15, 0.2) is 33.2 Å². The number of carbonyl (C=O) groups is 1. The van der Waals surface area contributed by atoms with E-state index in [2.05, 4.69) is 5.32 Å². The van der Waals surface area contributed by atoms with E-state index in [0.29, 0.717) is 17.3 Å². The largest absolute Gasteiger partial charge is 0.351 e. The van der Waals surface area contributed by atoms with E-state index in [0.717, 1.165) is 23.3 Å². The molecule has 124 valence electrons. The van der Waals surface area contributed by atoms with Gasteiger partial charge in [-0.05, 0) is 47.4 Å². The minimum Gasteiger partial charge on any atom is -0.351 e. The smallest absolute Gasteiger partial charge is 0.253 e. The zero-order valence-electron chi connectivity index (χ0n) is 12.7. The molecule has 0 radical (unpaired) electrons. The predicted octanol–water partition coefficient (Wildman–Crippen LogP) is 2.80. The second-order valence-corrected chi connectivity index (χ2v) is 9.61. The van der Waals surface area contributed by atoms with Gasteiger partial charge >= 0.3 is 0 Å². The minimum atomic E-state index is -3.49. The van der Waals surface area contributed by atoms with Gasteiger partial charge in [0.25, 0.3) is 10.0 Å². The summed E-state index contributed by atoms with van der Waals surface area (Å²) in [6.07, 6.45) is 1.85. The van der Waals surface area contributed by atoms with Crippen LogP contribution in [0.2, 0.25) is 0 Å². The standard InChI is InChI=1S/C15H18N2O3S3/c1-11(18)16-8-14-4-5-15(22-14)23(19,20)17(13-2-3-13)9-12-6-7-21-10-12/h4-7,10,13H,2-3,8-9H2,1H3,(H,16,18). The third-order valence-corrected chi connectivity index (χ3v) is 7.77. The average molecular weight is 371 g/mol. The first-order chi connectivity index (χ1) is 11.0. The zero-order chi connectivity index (χ0) is 16.4. The molecular formula is C15H18N2O3S3. The van der Waals surface area contributed by atoms with Crippen molar-refractivity contribution in [3.63, 3.8) is 0 Å². The summed E-state index contributed by atoms with van der Waals surface area (Å²) < 4.78 is 27.8. The summed E-state index contributed by atoms with van der Waals surface area (Å²) in [4.78, 5) is 11.8. The van der Waals surface area contributed by atoms with Crippen LogP contribution in [0.3, 0.4) is 0 Å². The molecule has 23 heavy (non-hydrogen) atoms. The van der Waals surface area contributed by atoms with Gasteiger partial charge in [-0.2, -0.15) is 15.6 Å². The lowest BCUT2D eigenvalue weighted by molar-refractivity contribution is -0.119. The second-order valence-electron chi connectivity index (χ2n) is 5.54. The molecule has 2 aromatic heterocycles. The number of nitrogens with one attached hydrogen (secondary N) is 1. The summed E-state index contributed by atoms with van der Waals surface area (Å²) in [5.74, 6) is -0.125. The van der Waals surface area contributed by atoms with E-state index in [9.17, 15) is 13.2 Å². The van der Waals surface area contributed by atoms with Crippen molar-refractivity contribution in [2.75, 3.05) is 0 Å². The third kappa shape index (κ3) is 4.00. The zero-order valence-corrected chi connectivity index (χ0v) is 15.1. The molecule has 0 bridgehead atoms. The van der Waals surface area contributed by atoms with Gasteiger partial charge in [0.05, 0.1) is 6.54 Å². The Morgan fingerprint density at radius 2 is 2.13 bits per heavy atom. The molecule has 1 fully saturated rings. The van der Waals surface area contributed by atoms with Crippen LogP contribution in [0.4, 0.5) is 0 Å². The topological polar surface area (TPSA) is 66.5 Å². The van der Waals surface area contributed by atoms with Gasteiger partial charge in [-0.1, -0.05) is 0 Å². The molecule has 5 nitrogen and oxygen atoms in total. The van der Waals surface area contributed by atoms with Gasteiger partial charge in [-0.15, -0.1) is 11.3 Å². The highest BCUT2D eigenvalue weighted by Crippen LogP contribution is 2.35. The fourth-order valence-corrected chi connectivity index (χ4v) is 6.01. The number of thiophene rings is 2. The molecule has 1 aliphatic carbocycles. The van der Waals surface area contributed by atoms with Gasteiger partial charge in [0, 0.05) is 24.4 Å². The van der Waals surface area contributed by atoms with Crippen molar-refractivity contribution in [3.05, 3.63) is 39.4 Å². The molecule has 2 aromatic rings. The Bertz CT molecular complexity index is 777. The summed E-state index contributed by atoms with van der Waals surface area (Å²) in [5.41, 5.74) is 1.03. The molecule has 2 heterocycles. The molecule has 0 spiro atoms. The molecule has 0 unspecified atom stereocenters. The maximum Gasteiger partial charge on any atom is 0.253 e. The van der Waals surface area contributed by atoms with Crippen LogP contribution >= 0.6 is 22.7 Å². The number of hydrogen-bond acceptors (Lipinski definition) is 5. The maximum atomic E-state index is 12.9. The van der Waals surface area contributed by atoms with Crippen LogP contribution in [0, 0.1) is 0 Å². The van der Waals surface area contributed by atoms with Crippen LogP contribution in [0.25, 0.3) is 0 Å². The first-order valence-electron chi connectivity index (χ1n) is 7.33. The van der Waals surface area contributed by atoms with Crippen molar-refractivity contribution in [2.24, 2.45) is 0 Å². The third-order valence-electron chi connectivity index (χ3n) is 3.58. The van der Waals surface area contributed by atoms with Crippen LogP contribution in [-0.4, -0.2) is 24.7 Å². The monoisotopic (exact) mass is 370 g/mol. The summed E-state index contributed by atoms with van der Waals surface area (Å²) >= 11 is 2.80. The van der Waals surface area contributed by atoms with Gasteiger partial charge in [0.15, 0.2) is 0 Å². The van der Waals surface area contributed by atoms with Crippen molar-refractivity contribution in [3.8, 4) is 0 Å². The number of hydrogen-bond donors (Lipinski definition) is 1. The van der Waals surface area contributed by atoms with E-state index in [1.807, 2.05) is 16.8 Å². The molecule has 1 aliphatic rings. The first-order valence-corrected chi connectivity index (χ1v) is 10.5. The molecule has 8 heteroatoms. The normalized spacial score (nSPS) is 15.0. The maximum absolute atomic E-state index is 12.9. The molecule has 1 amide bonds. The fourth-order valence-electron chi connectivity index (χ4n) is 2.25. The SMILES string of the molecule is CC(=O)NCc1ccc(S(=O)(=O)N(Cc2ccsc2)C2CC2)s1. The number of sulfonamides is 1. The van der Waals surface area contributed by atoms with Gasteiger partial charge in [0.2, 0.25) is 5.91 Å². The molecule has 0 atom stereocenters. The van der Waals surface area contributed by atoms with E-state index in [1.165, 1.54) is 18.3 Å². The summed E-state index contributed by atoms with van der Waals surface area (Å²) in [6, 6.07) is 5.48. The quantitative estimate of drug-likeness (QED) is 0.815. The lowest BCUT2D eigenvalue weighted by Crippen LogP contribution is -2.32. The van der Waals surface area contributed by atoms with Crippen LogP contribution in [0.5, 0.6) is 0 Å². The van der Waals surface area contributed by atoms with Gasteiger partial charge in [0.1, 0.15) is 4.21 Å². The number of carbonyl (C=O) groups excluding carboxylic acids is 1. The fraction of sp³-hybridized carbons (Fsp3) is 0.400. The highest BCUT2D eigenvalue weighted by atomic mass is 32.2. The van der Waals surface area contributed by atoms with Crippen molar-refractivity contribution in [1.29, 1.82) is 0 Å². The number of amides is 1. The minimum absolute atomic E-state index is 0.112. The van der Waals surface area contributed by atoms with Crippen LogP contribution in [0.1, 0.15) is 30.2 Å². The Morgan fingerprint density at radius 3 is 2.74 bits per heavy atom. The van der Waals surface area contributed by atoms with E-state index in [1.54, 1.807) is 27.8 Å². The van der Waals surface area contributed by atoms with Crippen molar-refractivity contribution in [1.82, 2.24) is 9.62 Å². The second kappa shape index (κ2) is 6.72. The van der Waals surface area contributed by atoms with Crippen molar-refractivity contribution < 1.29 is 13.2 Å². The molecule has 3 rings (SSSR count). The van der Waals surface area contributed by atoms with E-state index < -0.39 is 10.0 Å². The van der Waals surface area contributed by atoms with Crippen LogP contribution in [-0.2, 0) is 27.9 Å². The van der Waals surface area contributed by atoms with E-state index >= 15 is 0 Å². The van der Waals surface area contributed by atoms with Crippen LogP contribution < -0.4 is 5.32 Å². The highest BCUT2D eigenvalue weighted by Gasteiger charge is 2.38. The first kappa shape index (κ1) is 16.6. The Kier molecular flexibility index (Phi) is 4.86. The van der Waals surface area contributed by atoms with Crippen molar-refractivity contribution >= 4 is 38.6 Å². The average Bonchev–Trinajstić information content (AvgIpc) is 3.02. The molecule has 0 aromatic carbocycles. The van der Waals surface area contributed by atoms with Gasteiger partial charge in [-0.25, -0.2) is 8.42 Å². The number of rotatable bonds is 7. The molecule has 1 saturated carbocycles. The Labute approximate surface area is 144 Å². The lowest BCUT2D eigenvalue weighted by Gasteiger charge is -2.20. The molecule has 0 aliphatic heterocycles. The summed E-state index contributed by atoms with van der Waals surface area (Å²) in [6.45, 7) is 2.24. The predicted molar refractivity (Wildman–Crippen MR) is 91.9 cm³/mol. The molecule has 1 N–H and O–H groups in total. The Hall–Kier alpha value is -1.22. The van der Waals surface area contributed by atoms with Crippen molar-refractivity contribution in [2.45, 2.75) is 43.1 Å². The Morgan fingerprint density at radius 1 is 1.35 bits per heavy atom.